The van der Waals surface area contributed by atoms with E-state index >= 15 is 0 Å². The maximum Gasteiger partial charge on any atom is 0.310 e. The van der Waals surface area contributed by atoms with Crippen molar-refractivity contribution in [2.24, 2.45) is 0 Å². The molecule has 0 aromatic heterocycles. The van der Waals surface area contributed by atoms with E-state index in [1.807, 2.05) is 0 Å². The molecule has 1 rings (SSSR count). The van der Waals surface area contributed by atoms with Gasteiger partial charge < -0.3 is 9.47 Å². The largest absolute Gasteiger partial charge is 0.494 e. The Morgan fingerprint density at radius 3 is 2.53 bits per heavy atom. The van der Waals surface area contributed by atoms with Gasteiger partial charge in [0.05, 0.1) is 20.6 Å². The number of hydrogen-bond acceptors (Lipinski definition) is 3. The molecule has 0 heterocycles. The van der Waals surface area contributed by atoms with Gasteiger partial charge in [-0.3, -0.25) is 4.79 Å². The highest BCUT2D eigenvalue weighted by Crippen LogP contribution is 2.23. The lowest BCUT2D eigenvalue weighted by Gasteiger charge is -2.07. The van der Waals surface area contributed by atoms with E-state index in [4.69, 9.17) is 0 Å². The second kappa shape index (κ2) is 4.72. The lowest BCUT2D eigenvalue weighted by Crippen LogP contribution is -2.09. The molecule has 82 valence electrons. The molecule has 15 heavy (non-hydrogen) atoms. The van der Waals surface area contributed by atoms with Gasteiger partial charge in [0.2, 0.25) is 0 Å². The van der Waals surface area contributed by atoms with Crippen LogP contribution in [0.25, 0.3) is 0 Å². The van der Waals surface area contributed by atoms with E-state index in [-0.39, 0.29) is 11.3 Å². The van der Waals surface area contributed by atoms with Crippen LogP contribution in [-0.2, 0) is 16.0 Å². The molecule has 0 atom stereocenters. The van der Waals surface area contributed by atoms with E-state index in [1.54, 1.807) is 0 Å². The monoisotopic (exact) mass is 216 g/mol. The molecule has 0 saturated heterocycles. The van der Waals surface area contributed by atoms with Crippen LogP contribution in [0.3, 0.4) is 0 Å². The van der Waals surface area contributed by atoms with Crippen molar-refractivity contribution in [3.05, 3.63) is 29.3 Å². The fourth-order valence-corrected chi connectivity index (χ4v) is 1.11. The SMILES string of the molecule is COC(=O)Cc1c(F)ccc(OC)c1F. The first-order valence-electron chi connectivity index (χ1n) is 4.17. The molecule has 0 amide bonds. The Hall–Kier alpha value is -1.65. The van der Waals surface area contributed by atoms with Gasteiger partial charge in [-0.2, -0.15) is 0 Å². The lowest BCUT2D eigenvalue weighted by atomic mass is 10.1. The van der Waals surface area contributed by atoms with Crippen molar-refractivity contribution in [2.75, 3.05) is 14.2 Å². The molecular weight excluding hydrogens is 206 g/mol. The molecule has 0 fully saturated rings. The Bertz CT molecular complexity index is 377. The van der Waals surface area contributed by atoms with E-state index in [1.165, 1.54) is 7.11 Å². The second-order valence-electron chi connectivity index (χ2n) is 2.80. The summed E-state index contributed by atoms with van der Waals surface area (Å²) >= 11 is 0. The minimum atomic E-state index is -0.872. The predicted molar refractivity (Wildman–Crippen MR) is 48.6 cm³/mol. The third-order valence-corrected chi connectivity index (χ3v) is 1.92. The number of halogens is 2. The molecule has 0 aliphatic rings. The van der Waals surface area contributed by atoms with Crippen molar-refractivity contribution in [1.82, 2.24) is 0 Å². The molecular formula is C10H10F2O3. The average Bonchev–Trinajstić information content (AvgIpc) is 2.24. The second-order valence-corrected chi connectivity index (χ2v) is 2.80. The van der Waals surface area contributed by atoms with E-state index < -0.39 is 24.0 Å². The van der Waals surface area contributed by atoms with Gasteiger partial charge >= 0.3 is 5.97 Å². The summed E-state index contributed by atoms with van der Waals surface area (Å²) in [7, 11) is 2.41. The highest BCUT2D eigenvalue weighted by Gasteiger charge is 2.17. The summed E-state index contributed by atoms with van der Waals surface area (Å²) in [6.07, 6.45) is -0.453. The third-order valence-electron chi connectivity index (χ3n) is 1.92. The normalized spacial score (nSPS) is 9.87. The molecule has 0 spiro atoms. The number of carbonyl (C=O) groups excluding carboxylic acids is 1. The fourth-order valence-electron chi connectivity index (χ4n) is 1.11. The maximum atomic E-state index is 13.5. The minimum Gasteiger partial charge on any atom is -0.494 e. The van der Waals surface area contributed by atoms with Crippen molar-refractivity contribution >= 4 is 5.97 Å². The van der Waals surface area contributed by atoms with Gasteiger partial charge in [-0.15, -0.1) is 0 Å². The molecule has 3 nitrogen and oxygen atoms in total. The number of hydrogen-bond donors (Lipinski definition) is 0. The highest BCUT2D eigenvalue weighted by atomic mass is 19.1. The van der Waals surface area contributed by atoms with Gasteiger partial charge in [0.15, 0.2) is 11.6 Å². The van der Waals surface area contributed by atoms with Crippen LogP contribution in [0.5, 0.6) is 5.75 Å². The summed E-state index contributed by atoms with van der Waals surface area (Å²) < 4.78 is 35.6. The van der Waals surface area contributed by atoms with Gasteiger partial charge in [0.25, 0.3) is 0 Å². The van der Waals surface area contributed by atoms with Crippen LogP contribution in [0.15, 0.2) is 12.1 Å². The van der Waals surface area contributed by atoms with Crippen LogP contribution >= 0.6 is 0 Å². The molecule has 0 unspecified atom stereocenters. The van der Waals surface area contributed by atoms with Crippen molar-refractivity contribution in [2.45, 2.75) is 6.42 Å². The van der Waals surface area contributed by atoms with Crippen molar-refractivity contribution in [3.63, 3.8) is 0 Å². The van der Waals surface area contributed by atoms with Crippen LogP contribution in [0, 0.1) is 11.6 Å². The third kappa shape index (κ3) is 2.43. The number of carbonyl (C=O) groups is 1. The van der Waals surface area contributed by atoms with Crippen molar-refractivity contribution < 1.29 is 23.0 Å². The summed E-state index contributed by atoms with van der Waals surface area (Å²) in [5.41, 5.74) is -0.346. The Balaban J connectivity index is 3.09. The Morgan fingerprint density at radius 2 is 2.00 bits per heavy atom. The van der Waals surface area contributed by atoms with Crippen molar-refractivity contribution in [1.29, 1.82) is 0 Å². The number of benzene rings is 1. The fraction of sp³-hybridized carbons (Fsp3) is 0.300. The number of rotatable bonds is 3. The summed E-state index contributed by atoms with van der Waals surface area (Å²) in [5, 5.41) is 0. The Morgan fingerprint density at radius 1 is 1.33 bits per heavy atom. The van der Waals surface area contributed by atoms with Crippen LogP contribution < -0.4 is 4.74 Å². The van der Waals surface area contributed by atoms with Gasteiger partial charge in [-0.25, -0.2) is 8.78 Å². The Kier molecular flexibility index (Phi) is 3.60. The van der Waals surface area contributed by atoms with Crippen LogP contribution in [0.1, 0.15) is 5.56 Å². The maximum absolute atomic E-state index is 13.5. The number of ether oxygens (including phenoxy) is 2. The zero-order valence-electron chi connectivity index (χ0n) is 8.34. The topological polar surface area (TPSA) is 35.5 Å². The first kappa shape index (κ1) is 11.4. The van der Waals surface area contributed by atoms with Crippen LogP contribution in [0.2, 0.25) is 0 Å². The molecule has 0 N–H and O–H groups in total. The number of esters is 1. The molecule has 1 aromatic carbocycles. The molecule has 0 aliphatic heterocycles. The first-order valence-corrected chi connectivity index (χ1v) is 4.17. The van der Waals surface area contributed by atoms with Crippen molar-refractivity contribution in [3.8, 4) is 5.75 Å². The first-order chi connectivity index (χ1) is 7.10. The van der Waals surface area contributed by atoms with E-state index in [2.05, 4.69) is 9.47 Å². The molecule has 0 bridgehead atoms. The molecule has 0 radical (unpaired) electrons. The summed E-state index contributed by atoms with van der Waals surface area (Å²) in [6, 6.07) is 2.20. The quantitative estimate of drug-likeness (QED) is 0.721. The molecule has 5 heteroatoms. The number of methoxy groups -OCH3 is 2. The smallest absolute Gasteiger partial charge is 0.310 e. The minimum absolute atomic E-state index is 0.102. The highest BCUT2D eigenvalue weighted by molar-refractivity contribution is 5.72. The molecule has 0 aliphatic carbocycles. The zero-order valence-corrected chi connectivity index (χ0v) is 8.34. The summed E-state index contributed by atoms with van der Waals surface area (Å²) in [4.78, 5) is 10.9. The van der Waals surface area contributed by atoms with Crippen LogP contribution in [0.4, 0.5) is 8.78 Å². The Labute approximate surface area is 85.6 Å². The predicted octanol–water partition coefficient (Wildman–Crippen LogP) is 1.69. The summed E-state index contributed by atoms with van der Waals surface area (Å²) in [5.74, 6) is -2.47. The van der Waals surface area contributed by atoms with Gasteiger partial charge in [-0.05, 0) is 12.1 Å². The zero-order chi connectivity index (χ0) is 11.4. The average molecular weight is 216 g/mol. The van der Waals surface area contributed by atoms with E-state index in [0.29, 0.717) is 0 Å². The van der Waals surface area contributed by atoms with E-state index in [9.17, 15) is 13.6 Å². The van der Waals surface area contributed by atoms with Gasteiger partial charge in [0, 0.05) is 5.56 Å². The van der Waals surface area contributed by atoms with Gasteiger partial charge in [0.1, 0.15) is 5.82 Å². The summed E-state index contributed by atoms with van der Waals surface area (Å²) in [6.45, 7) is 0. The van der Waals surface area contributed by atoms with Gasteiger partial charge in [-0.1, -0.05) is 0 Å². The standard InChI is InChI=1S/C10H10F2O3/c1-14-8-4-3-7(11)6(10(8)12)5-9(13)15-2/h3-4H,5H2,1-2H3. The molecule has 0 saturated carbocycles. The van der Waals surface area contributed by atoms with E-state index in [0.717, 1.165) is 19.2 Å². The molecule has 1 aromatic rings. The van der Waals surface area contributed by atoms with Crippen LogP contribution in [-0.4, -0.2) is 20.2 Å². The lowest BCUT2D eigenvalue weighted by molar-refractivity contribution is -0.139.